The largest absolute Gasteiger partial charge is 0.381 e. The highest BCUT2D eigenvalue weighted by atomic mass is 16.5. The van der Waals surface area contributed by atoms with Gasteiger partial charge in [-0.1, -0.05) is 0 Å². The second-order valence-electron chi connectivity index (χ2n) is 4.95. The molecular formula is C12H22N2O2. The zero-order chi connectivity index (χ0) is 11.2. The molecule has 16 heavy (non-hydrogen) atoms. The average molecular weight is 226 g/mol. The van der Waals surface area contributed by atoms with Crippen molar-refractivity contribution < 1.29 is 9.53 Å². The van der Waals surface area contributed by atoms with Crippen LogP contribution in [0.4, 0.5) is 0 Å². The highest BCUT2D eigenvalue weighted by Crippen LogP contribution is 2.14. The van der Waals surface area contributed by atoms with Gasteiger partial charge in [0.2, 0.25) is 5.91 Å². The number of ether oxygens (including phenoxy) is 1. The lowest BCUT2D eigenvalue weighted by molar-refractivity contribution is -0.122. The molecule has 2 aliphatic rings. The van der Waals surface area contributed by atoms with Crippen molar-refractivity contribution in [3.63, 3.8) is 0 Å². The van der Waals surface area contributed by atoms with Crippen molar-refractivity contribution in [1.29, 1.82) is 0 Å². The lowest BCUT2D eigenvalue weighted by Crippen LogP contribution is -2.35. The second-order valence-corrected chi connectivity index (χ2v) is 4.95. The molecule has 0 saturated carbocycles. The van der Waals surface area contributed by atoms with Crippen molar-refractivity contribution in [3.8, 4) is 0 Å². The molecule has 2 aliphatic heterocycles. The molecule has 4 heteroatoms. The van der Waals surface area contributed by atoms with E-state index in [-0.39, 0.29) is 5.91 Å². The molecule has 2 rings (SSSR count). The van der Waals surface area contributed by atoms with Gasteiger partial charge < -0.3 is 15.4 Å². The summed E-state index contributed by atoms with van der Waals surface area (Å²) in [6.07, 6.45) is 4.16. The molecule has 0 bridgehead atoms. The molecule has 2 unspecified atom stereocenters. The molecule has 2 saturated heterocycles. The van der Waals surface area contributed by atoms with Gasteiger partial charge in [0.1, 0.15) is 0 Å². The lowest BCUT2D eigenvalue weighted by atomic mass is 9.96. The molecule has 0 aromatic heterocycles. The van der Waals surface area contributed by atoms with Gasteiger partial charge >= 0.3 is 0 Å². The van der Waals surface area contributed by atoms with Gasteiger partial charge in [0.15, 0.2) is 0 Å². The summed E-state index contributed by atoms with van der Waals surface area (Å²) in [5, 5.41) is 6.36. The fraction of sp³-hybridized carbons (Fsp3) is 0.917. The minimum absolute atomic E-state index is 0.209. The summed E-state index contributed by atoms with van der Waals surface area (Å²) < 4.78 is 5.28. The van der Waals surface area contributed by atoms with E-state index in [9.17, 15) is 4.79 Å². The maximum atomic E-state index is 11.7. The Bertz CT molecular complexity index is 221. The van der Waals surface area contributed by atoms with E-state index in [1.165, 1.54) is 12.8 Å². The first-order valence-corrected chi connectivity index (χ1v) is 6.40. The van der Waals surface area contributed by atoms with Crippen LogP contribution in [-0.2, 0) is 9.53 Å². The van der Waals surface area contributed by atoms with Crippen LogP contribution in [0, 0.1) is 11.8 Å². The van der Waals surface area contributed by atoms with Crippen LogP contribution >= 0.6 is 0 Å². The number of hydrogen-bond donors (Lipinski definition) is 2. The first kappa shape index (κ1) is 11.9. The molecule has 2 fully saturated rings. The van der Waals surface area contributed by atoms with E-state index in [0.717, 1.165) is 39.3 Å². The number of carbonyl (C=O) groups is 1. The minimum atomic E-state index is 0.209. The van der Waals surface area contributed by atoms with Gasteiger partial charge in [0, 0.05) is 25.5 Å². The second kappa shape index (κ2) is 6.21. The van der Waals surface area contributed by atoms with Crippen molar-refractivity contribution >= 4 is 5.91 Å². The average Bonchev–Trinajstić information content (AvgIpc) is 2.81. The zero-order valence-corrected chi connectivity index (χ0v) is 9.84. The maximum absolute atomic E-state index is 11.7. The van der Waals surface area contributed by atoms with Crippen molar-refractivity contribution in [3.05, 3.63) is 0 Å². The SMILES string of the molecule is O=C(CC1CCCNC1)NCC1CCOC1. The predicted octanol–water partition coefficient (Wildman–Crippen LogP) is 0.529. The van der Waals surface area contributed by atoms with Crippen LogP contribution in [0.25, 0.3) is 0 Å². The predicted molar refractivity (Wildman–Crippen MR) is 62.1 cm³/mol. The number of nitrogens with one attached hydrogen (secondary N) is 2. The van der Waals surface area contributed by atoms with Crippen LogP contribution in [0.5, 0.6) is 0 Å². The van der Waals surface area contributed by atoms with Gasteiger partial charge in [-0.3, -0.25) is 4.79 Å². The molecule has 2 N–H and O–H groups in total. The van der Waals surface area contributed by atoms with Crippen LogP contribution in [0.1, 0.15) is 25.7 Å². The topological polar surface area (TPSA) is 50.4 Å². The summed E-state index contributed by atoms with van der Waals surface area (Å²) in [6, 6.07) is 0. The summed E-state index contributed by atoms with van der Waals surface area (Å²) in [5.41, 5.74) is 0. The Labute approximate surface area is 97.1 Å². The molecule has 2 heterocycles. The molecular weight excluding hydrogens is 204 g/mol. The molecule has 2 atom stereocenters. The molecule has 0 spiro atoms. The number of amides is 1. The van der Waals surface area contributed by atoms with Crippen LogP contribution in [0.15, 0.2) is 0 Å². The molecule has 1 amide bonds. The third-order valence-electron chi connectivity index (χ3n) is 3.48. The number of carbonyl (C=O) groups excluding carboxylic acids is 1. The van der Waals surface area contributed by atoms with Crippen LogP contribution < -0.4 is 10.6 Å². The van der Waals surface area contributed by atoms with Crippen LogP contribution in [-0.4, -0.2) is 38.8 Å². The minimum Gasteiger partial charge on any atom is -0.381 e. The van der Waals surface area contributed by atoms with Crippen molar-refractivity contribution in [1.82, 2.24) is 10.6 Å². The fourth-order valence-corrected chi connectivity index (χ4v) is 2.44. The highest BCUT2D eigenvalue weighted by molar-refractivity contribution is 5.76. The van der Waals surface area contributed by atoms with E-state index in [4.69, 9.17) is 4.74 Å². The standard InChI is InChI=1S/C12H22N2O2/c15-12(6-10-2-1-4-13-7-10)14-8-11-3-5-16-9-11/h10-11,13H,1-9H2,(H,14,15). The molecule has 0 aliphatic carbocycles. The summed E-state index contributed by atoms with van der Waals surface area (Å²) in [6.45, 7) is 4.56. The van der Waals surface area contributed by atoms with Crippen molar-refractivity contribution in [2.24, 2.45) is 11.8 Å². The van der Waals surface area contributed by atoms with Crippen molar-refractivity contribution in [2.45, 2.75) is 25.7 Å². The van der Waals surface area contributed by atoms with Gasteiger partial charge in [-0.2, -0.15) is 0 Å². The van der Waals surface area contributed by atoms with Crippen LogP contribution in [0.2, 0.25) is 0 Å². The number of rotatable bonds is 4. The van der Waals surface area contributed by atoms with E-state index in [2.05, 4.69) is 10.6 Å². The monoisotopic (exact) mass is 226 g/mol. The van der Waals surface area contributed by atoms with Gasteiger partial charge in [-0.15, -0.1) is 0 Å². The molecule has 0 aromatic carbocycles. The van der Waals surface area contributed by atoms with E-state index < -0.39 is 0 Å². The van der Waals surface area contributed by atoms with Crippen molar-refractivity contribution in [2.75, 3.05) is 32.8 Å². The van der Waals surface area contributed by atoms with E-state index in [0.29, 0.717) is 18.3 Å². The molecule has 0 radical (unpaired) electrons. The highest BCUT2D eigenvalue weighted by Gasteiger charge is 2.19. The Morgan fingerprint density at radius 1 is 1.38 bits per heavy atom. The Hall–Kier alpha value is -0.610. The van der Waals surface area contributed by atoms with Gasteiger partial charge in [-0.25, -0.2) is 0 Å². The first-order chi connectivity index (χ1) is 7.84. The molecule has 92 valence electrons. The fourth-order valence-electron chi connectivity index (χ4n) is 2.44. The summed E-state index contributed by atoms with van der Waals surface area (Å²) in [4.78, 5) is 11.7. The van der Waals surface area contributed by atoms with E-state index >= 15 is 0 Å². The molecule has 0 aromatic rings. The Balaban J connectivity index is 1.59. The quantitative estimate of drug-likeness (QED) is 0.735. The number of hydrogen-bond acceptors (Lipinski definition) is 3. The summed E-state index contributed by atoms with van der Waals surface area (Å²) in [7, 11) is 0. The summed E-state index contributed by atoms with van der Waals surface area (Å²) >= 11 is 0. The zero-order valence-electron chi connectivity index (χ0n) is 9.84. The Morgan fingerprint density at radius 3 is 3.00 bits per heavy atom. The maximum Gasteiger partial charge on any atom is 0.220 e. The van der Waals surface area contributed by atoms with E-state index in [1.54, 1.807) is 0 Å². The Morgan fingerprint density at radius 2 is 2.31 bits per heavy atom. The first-order valence-electron chi connectivity index (χ1n) is 6.40. The smallest absolute Gasteiger partial charge is 0.220 e. The van der Waals surface area contributed by atoms with Gasteiger partial charge in [-0.05, 0) is 38.3 Å². The third-order valence-corrected chi connectivity index (χ3v) is 3.48. The van der Waals surface area contributed by atoms with Gasteiger partial charge in [0.05, 0.1) is 6.61 Å². The van der Waals surface area contributed by atoms with Gasteiger partial charge in [0.25, 0.3) is 0 Å². The summed E-state index contributed by atoms with van der Waals surface area (Å²) in [5.74, 6) is 1.28. The van der Waals surface area contributed by atoms with Crippen LogP contribution in [0.3, 0.4) is 0 Å². The van der Waals surface area contributed by atoms with E-state index in [1.807, 2.05) is 0 Å². The number of piperidine rings is 1. The normalized spacial score (nSPS) is 30.2. The third kappa shape index (κ3) is 3.76. The Kier molecular flexibility index (Phi) is 4.60. The lowest BCUT2D eigenvalue weighted by Gasteiger charge is -2.22. The molecule has 4 nitrogen and oxygen atoms in total.